The van der Waals surface area contributed by atoms with E-state index in [4.69, 9.17) is 16.3 Å². The Balaban J connectivity index is 2.28. The molecule has 1 fully saturated rings. The zero-order chi connectivity index (χ0) is 9.68. The van der Waals surface area contributed by atoms with Gasteiger partial charge in [-0.25, -0.2) is 4.79 Å². The molecule has 0 N–H and O–H groups in total. The Morgan fingerprint density at radius 1 is 1.38 bits per heavy atom. The molecule has 5 heteroatoms. The van der Waals surface area contributed by atoms with Gasteiger partial charge in [0.15, 0.2) is 0 Å². The first-order valence-electron chi connectivity index (χ1n) is 4.48. The summed E-state index contributed by atoms with van der Waals surface area (Å²) in [4.78, 5) is 15.1. The predicted molar refractivity (Wildman–Crippen MR) is 50.9 cm³/mol. The zero-order valence-electron chi connectivity index (χ0n) is 7.83. The highest BCUT2D eigenvalue weighted by molar-refractivity contribution is 6.17. The maximum Gasteiger partial charge on any atom is 0.409 e. The van der Waals surface area contributed by atoms with Crippen LogP contribution in [0.1, 0.15) is 6.92 Å². The van der Waals surface area contributed by atoms with Crippen molar-refractivity contribution in [2.45, 2.75) is 6.92 Å². The van der Waals surface area contributed by atoms with Crippen LogP contribution in [0.5, 0.6) is 0 Å². The maximum atomic E-state index is 11.2. The smallest absolute Gasteiger partial charge is 0.409 e. The van der Waals surface area contributed by atoms with Crippen molar-refractivity contribution >= 4 is 17.7 Å². The van der Waals surface area contributed by atoms with Crippen molar-refractivity contribution in [3.05, 3.63) is 0 Å². The van der Waals surface area contributed by atoms with Crippen LogP contribution in [0.2, 0.25) is 0 Å². The molecular formula is C8H15ClN2O2. The van der Waals surface area contributed by atoms with Gasteiger partial charge in [0.05, 0.1) is 12.6 Å². The minimum absolute atomic E-state index is 0.211. The summed E-state index contributed by atoms with van der Waals surface area (Å²) < 4.78 is 4.89. The molecule has 13 heavy (non-hydrogen) atoms. The highest BCUT2D eigenvalue weighted by Crippen LogP contribution is 2.03. The second-order valence-electron chi connectivity index (χ2n) is 2.92. The summed E-state index contributed by atoms with van der Waals surface area (Å²) in [6, 6.07) is 0.538. The number of rotatable bonds is 2. The van der Waals surface area contributed by atoms with Crippen LogP contribution in [0.15, 0.2) is 0 Å². The lowest BCUT2D eigenvalue weighted by Crippen LogP contribution is -2.48. The third-order valence-corrected chi connectivity index (χ3v) is 2.41. The van der Waals surface area contributed by atoms with Crippen LogP contribution in [0.25, 0.3) is 0 Å². The average molecular weight is 207 g/mol. The minimum atomic E-state index is -0.211. The highest BCUT2D eigenvalue weighted by Gasteiger charge is 2.20. The van der Waals surface area contributed by atoms with E-state index in [1.54, 1.807) is 4.90 Å². The fraction of sp³-hybridized carbons (Fsp3) is 0.875. The number of halogens is 1. The van der Waals surface area contributed by atoms with Gasteiger partial charge in [0.25, 0.3) is 0 Å². The third-order valence-electron chi connectivity index (χ3n) is 2.07. The Hall–Kier alpha value is -0.480. The number of hydrogen-bond donors (Lipinski definition) is 0. The molecule has 0 aromatic carbocycles. The molecule has 1 aliphatic heterocycles. The highest BCUT2D eigenvalue weighted by atomic mass is 35.5. The maximum absolute atomic E-state index is 11.2. The van der Waals surface area contributed by atoms with E-state index in [9.17, 15) is 4.79 Å². The molecule has 0 aliphatic carbocycles. The molecule has 1 rings (SSSR count). The predicted octanol–water partition coefficient (Wildman–Crippen LogP) is 0.957. The molecule has 1 saturated heterocycles. The lowest BCUT2D eigenvalue weighted by atomic mass is 10.3. The summed E-state index contributed by atoms with van der Waals surface area (Å²) in [5.41, 5.74) is 0. The topological polar surface area (TPSA) is 32.8 Å². The van der Waals surface area contributed by atoms with Crippen LogP contribution >= 0.6 is 11.6 Å². The fourth-order valence-electron chi connectivity index (χ4n) is 1.26. The molecule has 1 heterocycles. The second-order valence-corrected chi connectivity index (χ2v) is 3.16. The molecule has 76 valence electrons. The number of piperazine rings is 1. The number of amides is 1. The Kier molecular flexibility index (Phi) is 4.32. The molecule has 0 saturated carbocycles. The summed E-state index contributed by atoms with van der Waals surface area (Å²) in [5.74, 6) is 0. The number of carbonyl (C=O) groups excluding carboxylic acids is 1. The SMILES string of the molecule is CCOC(=O)N1CCN(CCl)CC1. The van der Waals surface area contributed by atoms with Crippen molar-refractivity contribution < 1.29 is 9.53 Å². The van der Waals surface area contributed by atoms with Crippen molar-refractivity contribution in [1.82, 2.24) is 9.80 Å². The zero-order valence-corrected chi connectivity index (χ0v) is 8.59. The minimum Gasteiger partial charge on any atom is -0.450 e. The molecule has 0 spiro atoms. The van der Waals surface area contributed by atoms with Gasteiger partial charge in [-0.2, -0.15) is 0 Å². The van der Waals surface area contributed by atoms with Crippen molar-refractivity contribution in [2.75, 3.05) is 38.8 Å². The molecule has 4 nitrogen and oxygen atoms in total. The van der Waals surface area contributed by atoms with Crippen molar-refractivity contribution in [3.8, 4) is 0 Å². The molecule has 0 aromatic heterocycles. The molecule has 0 atom stereocenters. The molecule has 0 unspecified atom stereocenters. The first-order valence-corrected chi connectivity index (χ1v) is 5.01. The van der Waals surface area contributed by atoms with Crippen molar-refractivity contribution in [1.29, 1.82) is 0 Å². The first-order chi connectivity index (χ1) is 6.27. The lowest BCUT2D eigenvalue weighted by Gasteiger charge is -2.32. The van der Waals surface area contributed by atoms with E-state index in [1.807, 2.05) is 6.92 Å². The Bertz CT molecular complexity index is 170. The number of nitrogens with zero attached hydrogens (tertiary/aromatic N) is 2. The van der Waals surface area contributed by atoms with Crippen LogP contribution in [-0.4, -0.2) is 54.7 Å². The summed E-state index contributed by atoms with van der Waals surface area (Å²) in [6.45, 7) is 5.35. The van der Waals surface area contributed by atoms with Crippen LogP contribution in [0.3, 0.4) is 0 Å². The van der Waals surface area contributed by atoms with Crippen LogP contribution in [0.4, 0.5) is 4.79 Å². The molecule has 1 amide bonds. The molecular weight excluding hydrogens is 192 g/mol. The van der Waals surface area contributed by atoms with Gasteiger partial charge in [-0.1, -0.05) is 0 Å². The lowest BCUT2D eigenvalue weighted by molar-refractivity contribution is 0.0840. The van der Waals surface area contributed by atoms with Crippen molar-refractivity contribution in [2.24, 2.45) is 0 Å². The Morgan fingerprint density at radius 3 is 2.46 bits per heavy atom. The summed E-state index contributed by atoms with van der Waals surface area (Å²) in [7, 11) is 0. The molecule has 1 aliphatic rings. The van der Waals surface area contributed by atoms with Gasteiger partial charge in [0.1, 0.15) is 0 Å². The van der Waals surface area contributed by atoms with E-state index >= 15 is 0 Å². The van der Waals surface area contributed by atoms with Gasteiger partial charge in [-0.3, -0.25) is 4.90 Å². The second kappa shape index (κ2) is 5.29. The Morgan fingerprint density at radius 2 is 2.00 bits per heavy atom. The monoisotopic (exact) mass is 206 g/mol. The van der Waals surface area contributed by atoms with Crippen LogP contribution in [-0.2, 0) is 4.74 Å². The summed E-state index contributed by atoms with van der Waals surface area (Å²) >= 11 is 5.66. The number of carbonyl (C=O) groups is 1. The number of alkyl halides is 1. The summed E-state index contributed by atoms with van der Waals surface area (Å²) in [6.07, 6.45) is -0.211. The third kappa shape index (κ3) is 3.04. The van der Waals surface area contributed by atoms with Gasteiger partial charge in [0, 0.05) is 26.2 Å². The van der Waals surface area contributed by atoms with E-state index in [1.165, 1.54) is 0 Å². The largest absolute Gasteiger partial charge is 0.450 e. The molecule has 0 radical (unpaired) electrons. The molecule has 0 bridgehead atoms. The van der Waals surface area contributed by atoms with Gasteiger partial charge >= 0.3 is 6.09 Å². The van der Waals surface area contributed by atoms with Gasteiger partial charge < -0.3 is 9.64 Å². The molecule has 0 aromatic rings. The van der Waals surface area contributed by atoms with E-state index in [0.29, 0.717) is 25.7 Å². The normalized spacial score (nSPS) is 18.8. The van der Waals surface area contributed by atoms with E-state index in [2.05, 4.69) is 4.90 Å². The first kappa shape index (κ1) is 10.6. The van der Waals surface area contributed by atoms with E-state index in [-0.39, 0.29) is 6.09 Å². The van der Waals surface area contributed by atoms with Gasteiger partial charge in [-0.05, 0) is 6.92 Å². The van der Waals surface area contributed by atoms with Crippen LogP contribution in [0, 0.1) is 0 Å². The van der Waals surface area contributed by atoms with E-state index in [0.717, 1.165) is 13.1 Å². The van der Waals surface area contributed by atoms with Gasteiger partial charge in [0.2, 0.25) is 0 Å². The fourth-order valence-corrected chi connectivity index (χ4v) is 1.50. The standard InChI is InChI=1S/C8H15ClN2O2/c1-2-13-8(12)11-5-3-10(7-9)4-6-11/h2-7H2,1H3. The quantitative estimate of drug-likeness (QED) is 0.499. The number of ether oxygens (including phenoxy) is 1. The summed E-state index contributed by atoms with van der Waals surface area (Å²) in [5, 5.41) is 0. The average Bonchev–Trinajstić information content (AvgIpc) is 2.18. The van der Waals surface area contributed by atoms with Crippen molar-refractivity contribution in [3.63, 3.8) is 0 Å². The van der Waals surface area contributed by atoms with E-state index < -0.39 is 0 Å². The van der Waals surface area contributed by atoms with Gasteiger partial charge in [-0.15, -0.1) is 11.6 Å². The van der Waals surface area contributed by atoms with Crippen LogP contribution < -0.4 is 0 Å². The number of hydrogen-bond acceptors (Lipinski definition) is 3. The Labute approximate surface area is 83.4 Å².